The van der Waals surface area contributed by atoms with Crippen molar-refractivity contribution in [3.8, 4) is 0 Å². The second kappa shape index (κ2) is 5.71. The number of hydrogen-bond donors (Lipinski definition) is 1. The van der Waals surface area contributed by atoms with Gasteiger partial charge in [-0.15, -0.1) is 0 Å². The van der Waals surface area contributed by atoms with Crippen molar-refractivity contribution in [3.05, 3.63) is 14.8 Å². The summed E-state index contributed by atoms with van der Waals surface area (Å²) in [6.07, 6.45) is 2.00. The fourth-order valence-electron chi connectivity index (χ4n) is 2.16. The first kappa shape index (κ1) is 14.0. The third kappa shape index (κ3) is 2.62. The molecule has 0 spiro atoms. The van der Waals surface area contributed by atoms with Gasteiger partial charge in [-0.25, -0.2) is 4.79 Å². The first-order chi connectivity index (χ1) is 8.54. The zero-order chi connectivity index (χ0) is 13.3. The molecule has 0 aromatic carbocycles. The Morgan fingerprint density at radius 2 is 2.28 bits per heavy atom. The fourth-order valence-corrected chi connectivity index (χ4v) is 3.66. The molecule has 0 amide bonds. The zero-order valence-electron chi connectivity index (χ0n) is 9.90. The number of ether oxygens (including phenoxy) is 1. The smallest absolute Gasteiger partial charge is 0.343 e. The summed E-state index contributed by atoms with van der Waals surface area (Å²) in [6, 6.07) is 0.119. The van der Waals surface area contributed by atoms with E-state index in [0.29, 0.717) is 27.8 Å². The number of aliphatic hydroxyl groups is 1. The van der Waals surface area contributed by atoms with E-state index in [2.05, 4.69) is 37.0 Å². The molecule has 1 fully saturated rings. The maximum atomic E-state index is 11.8. The average molecular weight is 382 g/mol. The Balaban J connectivity index is 2.29. The Bertz CT molecular complexity index is 461. The summed E-state index contributed by atoms with van der Waals surface area (Å²) >= 11 is 6.67. The number of aromatic nitrogens is 2. The zero-order valence-corrected chi connectivity index (χ0v) is 13.1. The van der Waals surface area contributed by atoms with Gasteiger partial charge in [-0.1, -0.05) is 0 Å². The molecule has 5 nitrogen and oxygen atoms in total. The van der Waals surface area contributed by atoms with Gasteiger partial charge in [0, 0.05) is 0 Å². The summed E-state index contributed by atoms with van der Waals surface area (Å²) in [6.45, 7) is 2.09. The van der Waals surface area contributed by atoms with Crippen LogP contribution in [0.15, 0.2) is 9.21 Å². The van der Waals surface area contributed by atoms with Crippen LogP contribution in [0.5, 0.6) is 0 Å². The van der Waals surface area contributed by atoms with Gasteiger partial charge in [-0.2, -0.15) is 5.10 Å². The molecule has 2 rings (SSSR count). The van der Waals surface area contributed by atoms with E-state index in [0.717, 1.165) is 12.8 Å². The summed E-state index contributed by atoms with van der Waals surface area (Å²) in [7, 11) is 0. The molecule has 1 N–H and O–H groups in total. The maximum absolute atomic E-state index is 11.8. The van der Waals surface area contributed by atoms with E-state index in [1.807, 2.05) is 0 Å². The Morgan fingerprint density at radius 1 is 1.56 bits per heavy atom. The van der Waals surface area contributed by atoms with Crippen molar-refractivity contribution in [3.63, 3.8) is 0 Å². The van der Waals surface area contributed by atoms with Gasteiger partial charge in [-0.05, 0) is 58.0 Å². The van der Waals surface area contributed by atoms with Crippen molar-refractivity contribution in [2.24, 2.45) is 0 Å². The highest BCUT2D eigenvalue weighted by atomic mass is 79.9. The highest BCUT2D eigenvalue weighted by Gasteiger charge is 2.30. The molecule has 1 aromatic heterocycles. The van der Waals surface area contributed by atoms with Crippen LogP contribution in [0.4, 0.5) is 0 Å². The molecule has 2 unspecified atom stereocenters. The summed E-state index contributed by atoms with van der Waals surface area (Å²) in [5, 5.41) is 13.9. The van der Waals surface area contributed by atoms with Crippen LogP contribution >= 0.6 is 31.9 Å². The Kier molecular flexibility index (Phi) is 4.45. The largest absolute Gasteiger partial charge is 0.462 e. The van der Waals surface area contributed by atoms with Crippen molar-refractivity contribution < 1.29 is 14.6 Å². The van der Waals surface area contributed by atoms with Crippen LogP contribution in [0.1, 0.15) is 42.6 Å². The molecule has 1 aliphatic carbocycles. The third-order valence-electron chi connectivity index (χ3n) is 3.01. The lowest BCUT2D eigenvalue weighted by molar-refractivity contribution is 0.0524. The van der Waals surface area contributed by atoms with Crippen molar-refractivity contribution in [2.75, 3.05) is 6.61 Å². The Morgan fingerprint density at radius 3 is 2.83 bits per heavy atom. The second-order valence-electron chi connectivity index (χ2n) is 4.24. The SMILES string of the molecule is CCOC(=O)c1c(Br)nn(C2CCC(O)C2)c1Br. The van der Waals surface area contributed by atoms with Crippen LogP contribution in [0.25, 0.3) is 0 Å². The minimum absolute atomic E-state index is 0.119. The van der Waals surface area contributed by atoms with Gasteiger partial charge in [-0.3, -0.25) is 4.68 Å². The van der Waals surface area contributed by atoms with Crippen LogP contribution in [0.3, 0.4) is 0 Å². The topological polar surface area (TPSA) is 64.3 Å². The number of carbonyl (C=O) groups is 1. The minimum Gasteiger partial charge on any atom is -0.462 e. The Hall–Kier alpha value is -0.400. The molecule has 7 heteroatoms. The van der Waals surface area contributed by atoms with Gasteiger partial charge in [0.05, 0.1) is 18.8 Å². The Labute approximate surface area is 122 Å². The normalized spacial score (nSPS) is 23.3. The second-order valence-corrected chi connectivity index (χ2v) is 5.74. The number of aliphatic hydroxyl groups excluding tert-OH is 1. The number of nitrogens with zero attached hydrogens (tertiary/aromatic N) is 2. The number of rotatable bonds is 3. The molecule has 18 heavy (non-hydrogen) atoms. The van der Waals surface area contributed by atoms with E-state index < -0.39 is 5.97 Å². The predicted molar refractivity (Wildman–Crippen MR) is 72.5 cm³/mol. The molecule has 100 valence electrons. The molecule has 0 saturated heterocycles. The monoisotopic (exact) mass is 380 g/mol. The van der Waals surface area contributed by atoms with Gasteiger partial charge in [0.15, 0.2) is 0 Å². The first-order valence-electron chi connectivity index (χ1n) is 5.83. The molecule has 1 heterocycles. The molecule has 0 bridgehead atoms. The molecule has 1 saturated carbocycles. The van der Waals surface area contributed by atoms with E-state index in [4.69, 9.17) is 4.74 Å². The van der Waals surface area contributed by atoms with Crippen LogP contribution in [-0.2, 0) is 4.74 Å². The quantitative estimate of drug-likeness (QED) is 0.817. The number of esters is 1. The predicted octanol–water partition coefficient (Wildman–Crippen LogP) is 2.67. The van der Waals surface area contributed by atoms with Gasteiger partial charge < -0.3 is 9.84 Å². The van der Waals surface area contributed by atoms with E-state index in [-0.39, 0.29) is 12.1 Å². The van der Waals surface area contributed by atoms with Gasteiger partial charge in [0.2, 0.25) is 0 Å². The fraction of sp³-hybridized carbons (Fsp3) is 0.636. The van der Waals surface area contributed by atoms with Crippen molar-refractivity contribution in [1.82, 2.24) is 9.78 Å². The van der Waals surface area contributed by atoms with E-state index in [1.54, 1.807) is 11.6 Å². The number of hydrogen-bond acceptors (Lipinski definition) is 4. The standard InChI is InChI=1S/C11H14Br2N2O3/c1-2-18-11(17)8-9(12)14-15(10(8)13)6-3-4-7(16)5-6/h6-7,16H,2-5H2,1H3. The van der Waals surface area contributed by atoms with Gasteiger partial charge in [0.25, 0.3) is 0 Å². The molecule has 2 atom stereocenters. The van der Waals surface area contributed by atoms with Gasteiger partial charge >= 0.3 is 5.97 Å². The summed E-state index contributed by atoms with van der Waals surface area (Å²) in [5.74, 6) is -0.402. The lowest BCUT2D eigenvalue weighted by atomic mass is 10.2. The average Bonchev–Trinajstić information content (AvgIpc) is 2.83. The van der Waals surface area contributed by atoms with E-state index >= 15 is 0 Å². The highest BCUT2D eigenvalue weighted by molar-refractivity contribution is 9.11. The third-order valence-corrected chi connectivity index (χ3v) is 4.33. The minimum atomic E-state index is -0.402. The molecule has 0 aliphatic heterocycles. The number of halogens is 2. The van der Waals surface area contributed by atoms with Crippen LogP contribution < -0.4 is 0 Å². The summed E-state index contributed by atoms with van der Waals surface area (Å²) < 4.78 is 7.80. The lowest BCUT2D eigenvalue weighted by Gasteiger charge is -2.11. The number of carbonyl (C=O) groups excluding carboxylic acids is 1. The molecule has 1 aliphatic rings. The maximum Gasteiger partial charge on any atom is 0.343 e. The summed E-state index contributed by atoms with van der Waals surface area (Å²) in [4.78, 5) is 11.8. The first-order valence-corrected chi connectivity index (χ1v) is 7.41. The highest BCUT2D eigenvalue weighted by Crippen LogP contribution is 2.35. The molecular formula is C11H14Br2N2O3. The van der Waals surface area contributed by atoms with Crippen LogP contribution in [0, 0.1) is 0 Å². The summed E-state index contributed by atoms with van der Waals surface area (Å²) in [5.41, 5.74) is 0.401. The van der Waals surface area contributed by atoms with E-state index in [9.17, 15) is 9.90 Å². The lowest BCUT2D eigenvalue weighted by Crippen LogP contribution is -2.10. The van der Waals surface area contributed by atoms with Crippen molar-refractivity contribution >= 4 is 37.8 Å². The van der Waals surface area contributed by atoms with Crippen molar-refractivity contribution in [1.29, 1.82) is 0 Å². The van der Waals surface area contributed by atoms with E-state index in [1.165, 1.54) is 0 Å². The molecule has 0 radical (unpaired) electrons. The molecule has 1 aromatic rings. The molecular weight excluding hydrogens is 368 g/mol. The van der Waals surface area contributed by atoms with Gasteiger partial charge in [0.1, 0.15) is 14.8 Å². The van der Waals surface area contributed by atoms with Crippen LogP contribution in [-0.4, -0.2) is 33.6 Å². The van der Waals surface area contributed by atoms with Crippen molar-refractivity contribution in [2.45, 2.75) is 38.3 Å². The van der Waals surface area contributed by atoms with Crippen LogP contribution in [0.2, 0.25) is 0 Å².